The van der Waals surface area contributed by atoms with Crippen LogP contribution in [-0.4, -0.2) is 34.4 Å². The lowest BCUT2D eigenvalue weighted by Gasteiger charge is -2.17. The lowest BCUT2D eigenvalue weighted by molar-refractivity contribution is -0.121. The number of rotatable bonds is 7. The molecule has 5 nitrogen and oxygen atoms in total. The van der Waals surface area contributed by atoms with E-state index < -0.39 is 5.97 Å². The molecule has 0 aliphatic carbocycles. The van der Waals surface area contributed by atoms with Crippen molar-refractivity contribution in [3.63, 3.8) is 0 Å². The average Bonchev–Trinajstić information content (AvgIpc) is 3.00. The van der Waals surface area contributed by atoms with E-state index >= 15 is 0 Å². The third-order valence-electron chi connectivity index (χ3n) is 4.62. The summed E-state index contributed by atoms with van der Waals surface area (Å²) in [4.78, 5) is 27.1. The maximum atomic E-state index is 12.9. The molecule has 0 unspecified atom stereocenters. The summed E-state index contributed by atoms with van der Waals surface area (Å²) in [7, 11) is 0. The Balaban J connectivity index is 1.71. The highest BCUT2D eigenvalue weighted by Crippen LogP contribution is 2.32. The van der Waals surface area contributed by atoms with E-state index in [1.165, 1.54) is 22.2 Å². The molecule has 0 saturated carbocycles. The second-order valence-electron chi connectivity index (χ2n) is 7.03. The van der Waals surface area contributed by atoms with E-state index in [-0.39, 0.29) is 12.6 Å². The minimum absolute atomic E-state index is 0.154. The van der Waals surface area contributed by atoms with Crippen LogP contribution in [0.15, 0.2) is 53.4 Å². The maximum absolute atomic E-state index is 12.9. The van der Waals surface area contributed by atoms with Gasteiger partial charge in [0.15, 0.2) is 0 Å². The Morgan fingerprint density at radius 1 is 1.20 bits per heavy atom. The van der Waals surface area contributed by atoms with Gasteiger partial charge in [-0.1, -0.05) is 74.2 Å². The zero-order valence-electron chi connectivity index (χ0n) is 17.2. The van der Waals surface area contributed by atoms with Crippen molar-refractivity contribution in [3.05, 3.63) is 70.1 Å². The molecule has 0 atom stereocenters. The van der Waals surface area contributed by atoms with Crippen LogP contribution in [0.2, 0.25) is 0 Å². The van der Waals surface area contributed by atoms with Gasteiger partial charge in [-0.15, -0.1) is 0 Å². The van der Waals surface area contributed by atoms with Crippen LogP contribution in [0.4, 0.5) is 5.69 Å². The number of hydrogen-bond donors (Lipinski definition) is 1. The van der Waals surface area contributed by atoms with Crippen LogP contribution in [0.25, 0.3) is 6.08 Å². The van der Waals surface area contributed by atoms with Crippen LogP contribution in [0.5, 0.6) is 0 Å². The van der Waals surface area contributed by atoms with Crippen molar-refractivity contribution in [1.29, 1.82) is 0 Å². The highest BCUT2D eigenvalue weighted by Gasteiger charge is 2.32. The molecule has 1 N–H and O–H groups in total. The molecule has 1 saturated heterocycles. The van der Waals surface area contributed by atoms with Gasteiger partial charge in [0, 0.05) is 0 Å². The Morgan fingerprint density at radius 2 is 1.90 bits per heavy atom. The molecule has 1 aliphatic rings. The second kappa shape index (κ2) is 9.91. The molecule has 0 radical (unpaired) electrons. The zero-order valence-corrected chi connectivity index (χ0v) is 18.8. The summed E-state index contributed by atoms with van der Waals surface area (Å²) in [5, 5.41) is 3.14. The van der Waals surface area contributed by atoms with E-state index in [0.29, 0.717) is 33.0 Å². The SMILES string of the molecule is CCOC(=O)c1ccccc1NCN1C(=O)C(=Cc2ccc(C(C)C)cc2)SC1=S. The number of ether oxygens (including phenoxy) is 1. The van der Waals surface area contributed by atoms with Gasteiger partial charge in [-0.05, 0) is 42.2 Å². The first-order valence-corrected chi connectivity index (χ1v) is 11.0. The normalized spacial score (nSPS) is 15.2. The number of amides is 1. The lowest BCUT2D eigenvalue weighted by Crippen LogP contribution is -2.33. The van der Waals surface area contributed by atoms with Crippen LogP contribution >= 0.6 is 24.0 Å². The van der Waals surface area contributed by atoms with E-state index in [4.69, 9.17) is 17.0 Å². The van der Waals surface area contributed by atoms with Gasteiger partial charge in [-0.2, -0.15) is 0 Å². The molecule has 0 bridgehead atoms. The van der Waals surface area contributed by atoms with Gasteiger partial charge in [-0.25, -0.2) is 4.79 Å². The Kier molecular flexibility index (Phi) is 7.29. The van der Waals surface area contributed by atoms with Crippen molar-refractivity contribution in [2.24, 2.45) is 0 Å². The van der Waals surface area contributed by atoms with Crippen molar-refractivity contribution in [1.82, 2.24) is 4.90 Å². The predicted octanol–water partition coefficient (Wildman–Crippen LogP) is 5.26. The van der Waals surface area contributed by atoms with Gasteiger partial charge in [0.1, 0.15) is 4.32 Å². The van der Waals surface area contributed by atoms with E-state index in [1.807, 2.05) is 24.3 Å². The molecule has 2 aromatic carbocycles. The minimum Gasteiger partial charge on any atom is -0.462 e. The summed E-state index contributed by atoms with van der Waals surface area (Å²) < 4.78 is 5.57. The number of benzene rings is 2. The highest BCUT2D eigenvalue weighted by atomic mass is 32.2. The largest absolute Gasteiger partial charge is 0.462 e. The second-order valence-corrected chi connectivity index (χ2v) is 8.71. The van der Waals surface area contributed by atoms with Gasteiger partial charge in [0.2, 0.25) is 0 Å². The molecular weight excluding hydrogens is 416 g/mol. The van der Waals surface area contributed by atoms with Crippen LogP contribution in [0, 0.1) is 0 Å². The first-order valence-electron chi connectivity index (χ1n) is 9.76. The molecule has 30 heavy (non-hydrogen) atoms. The molecule has 156 valence electrons. The first-order chi connectivity index (χ1) is 14.4. The fourth-order valence-corrected chi connectivity index (χ4v) is 4.21. The third-order valence-corrected chi connectivity index (χ3v) is 6.00. The minimum atomic E-state index is -0.407. The van der Waals surface area contributed by atoms with Gasteiger partial charge in [-0.3, -0.25) is 9.69 Å². The molecule has 0 spiro atoms. The van der Waals surface area contributed by atoms with Gasteiger partial charge in [0.05, 0.1) is 29.4 Å². The monoisotopic (exact) mass is 440 g/mol. The number of carbonyl (C=O) groups excluding carboxylic acids is 2. The topological polar surface area (TPSA) is 58.6 Å². The van der Waals surface area contributed by atoms with Crippen molar-refractivity contribution in [2.75, 3.05) is 18.6 Å². The molecule has 1 aliphatic heterocycles. The standard InChI is InChI=1S/C23H24N2O3S2/c1-4-28-22(27)18-7-5-6-8-19(18)24-14-25-21(26)20(30-23(25)29)13-16-9-11-17(12-10-16)15(2)3/h5-13,15,24H,4,14H2,1-3H3. The summed E-state index contributed by atoms with van der Waals surface area (Å²) in [5.74, 6) is -0.101. The van der Waals surface area contributed by atoms with Gasteiger partial charge >= 0.3 is 5.97 Å². The summed E-state index contributed by atoms with van der Waals surface area (Å²) in [6.45, 7) is 6.52. The number of nitrogens with zero attached hydrogens (tertiary/aromatic N) is 1. The van der Waals surface area contributed by atoms with Crippen molar-refractivity contribution in [3.8, 4) is 0 Å². The van der Waals surface area contributed by atoms with Crippen LogP contribution in [0.1, 0.15) is 48.2 Å². The molecule has 3 rings (SSSR count). The Morgan fingerprint density at radius 3 is 2.57 bits per heavy atom. The molecule has 0 aromatic heterocycles. The Labute approximate surface area is 186 Å². The van der Waals surface area contributed by atoms with Crippen LogP contribution in [-0.2, 0) is 9.53 Å². The number of hydrogen-bond acceptors (Lipinski definition) is 6. The van der Waals surface area contributed by atoms with E-state index in [9.17, 15) is 9.59 Å². The number of para-hydroxylation sites is 1. The summed E-state index contributed by atoms with van der Waals surface area (Å²) in [6, 6.07) is 15.2. The molecule has 1 fully saturated rings. The predicted molar refractivity (Wildman–Crippen MR) is 126 cm³/mol. The molecule has 2 aromatic rings. The zero-order chi connectivity index (χ0) is 21.7. The fraction of sp³-hybridized carbons (Fsp3) is 0.261. The highest BCUT2D eigenvalue weighted by molar-refractivity contribution is 8.26. The van der Waals surface area contributed by atoms with Crippen LogP contribution < -0.4 is 5.32 Å². The molecular formula is C23H24N2O3S2. The van der Waals surface area contributed by atoms with Crippen molar-refractivity contribution < 1.29 is 14.3 Å². The van der Waals surface area contributed by atoms with E-state index in [1.54, 1.807) is 25.1 Å². The fourth-order valence-electron chi connectivity index (χ4n) is 2.95. The van der Waals surface area contributed by atoms with E-state index in [0.717, 1.165) is 5.56 Å². The quantitative estimate of drug-likeness (QED) is 0.360. The van der Waals surface area contributed by atoms with Crippen molar-refractivity contribution in [2.45, 2.75) is 26.7 Å². The summed E-state index contributed by atoms with van der Waals surface area (Å²) in [6.07, 6.45) is 1.86. The van der Waals surface area contributed by atoms with Gasteiger partial charge < -0.3 is 10.1 Å². The number of thiocarbonyl (C=S) groups is 1. The number of anilines is 1. The average molecular weight is 441 g/mol. The van der Waals surface area contributed by atoms with Crippen LogP contribution in [0.3, 0.4) is 0 Å². The lowest BCUT2D eigenvalue weighted by atomic mass is 10.0. The third kappa shape index (κ3) is 5.09. The number of nitrogens with one attached hydrogen (secondary N) is 1. The molecule has 7 heteroatoms. The number of esters is 1. The van der Waals surface area contributed by atoms with E-state index in [2.05, 4.69) is 31.3 Å². The Bertz CT molecular complexity index is 984. The smallest absolute Gasteiger partial charge is 0.340 e. The molecule has 1 heterocycles. The Hall–Kier alpha value is -2.64. The summed E-state index contributed by atoms with van der Waals surface area (Å²) >= 11 is 6.68. The van der Waals surface area contributed by atoms with Gasteiger partial charge in [0.25, 0.3) is 5.91 Å². The first kappa shape index (κ1) is 22.1. The number of carbonyl (C=O) groups is 2. The number of thioether (sulfide) groups is 1. The van der Waals surface area contributed by atoms with Crippen molar-refractivity contribution >= 4 is 51.9 Å². The summed E-state index contributed by atoms with van der Waals surface area (Å²) in [5.41, 5.74) is 3.23. The molecule has 1 amide bonds. The maximum Gasteiger partial charge on any atom is 0.340 e.